The summed E-state index contributed by atoms with van der Waals surface area (Å²) in [5.41, 5.74) is 0.344. The molecule has 2 atom stereocenters. The fourth-order valence-electron chi connectivity index (χ4n) is 2.85. The average molecular weight is 294 g/mol. The van der Waals surface area contributed by atoms with Gasteiger partial charge < -0.3 is 14.9 Å². The SMILES string of the molecule is CC(C)c1cc(C(=O)NCCCC2CCCCC2O)no1. The molecule has 0 bridgehead atoms. The number of hydrogen-bond acceptors (Lipinski definition) is 4. The molecule has 1 aliphatic carbocycles. The van der Waals surface area contributed by atoms with Gasteiger partial charge in [0.2, 0.25) is 0 Å². The van der Waals surface area contributed by atoms with E-state index in [2.05, 4.69) is 10.5 Å². The topological polar surface area (TPSA) is 75.4 Å². The molecule has 2 unspecified atom stereocenters. The quantitative estimate of drug-likeness (QED) is 0.791. The first kappa shape index (κ1) is 16.0. The molecular formula is C16H26N2O3. The molecular weight excluding hydrogens is 268 g/mol. The molecule has 0 aromatic carbocycles. The third-order valence-corrected chi connectivity index (χ3v) is 4.24. The molecule has 1 aliphatic rings. The van der Waals surface area contributed by atoms with Crippen LogP contribution in [0.5, 0.6) is 0 Å². The first-order chi connectivity index (χ1) is 10.1. The van der Waals surface area contributed by atoms with Crippen molar-refractivity contribution >= 4 is 5.91 Å². The summed E-state index contributed by atoms with van der Waals surface area (Å²) in [6.45, 7) is 4.61. The molecule has 1 aromatic heterocycles. The highest BCUT2D eigenvalue weighted by molar-refractivity contribution is 5.92. The van der Waals surface area contributed by atoms with Crippen LogP contribution in [-0.4, -0.2) is 28.8 Å². The van der Waals surface area contributed by atoms with Crippen molar-refractivity contribution in [3.05, 3.63) is 17.5 Å². The molecule has 1 saturated carbocycles. The van der Waals surface area contributed by atoms with E-state index in [9.17, 15) is 9.90 Å². The summed E-state index contributed by atoms with van der Waals surface area (Å²) in [6, 6.07) is 1.70. The summed E-state index contributed by atoms with van der Waals surface area (Å²) in [7, 11) is 0. The minimum atomic E-state index is -0.185. The van der Waals surface area contributed by atoms with E-state index in [4.69, 9.17) is 4.52 Å². The number of rotatable bonds is 6. The van der Waals surface area contributed by atoms with Crippen LogP contribution in [0.25, 0.3) is 0 Å². The highest BCUT2D eigenvalue weighted by Gasteiger charge is 2.22. The lowest BCUT2D eigenvalue weighted by atomic mass is 9.83. The summed E-state index contributed by atoms with van der Waals surface area (Å²) < 4.78 is 5.12. The smallest absolute Gasteiger partial charge is 0.273 e. The molecule has 0 saturated heterocycles. The first-order valence-electron chi connectivity index (χ1n) is 8.00. The van der Waals surface area contributed by atoms with Crippen LogP contribution < -0.4 is 5.32 Å². The van der Waals surface area contributed by atoms with Crippen molar-refractivity contribution in [2.75, 3.05) is 6.54 Å². The Morgan fingerprint density at radius 2 is 2.24 bits per heavy atom. The normalized spacial score (nSPS) is 22.5. The van der Waals surface area contributed by atoms with Gasteiger partial charge in [0, 0.05) is 18.5 Å². The number of nitrogens with zero attached hydrogens (tertiary/aromatic N) is 1. The number of nitrogens with one attached hydrogen (secondary N) is 1. The Bertz CT molecular complexity index is 456. The van der Waals surface area contributed by atoms with Crippen molar-refractivity contribution < 1.29 is 14.4 Å². The maximum atomic E-state index is 11.9. The highest BCUT2D eigenvalue weighted by Crippen LogP contribution is 2.27. The number of aromatic nitrogens is 1. The molecule has 1 fully saturated rings. The summed E-state index contributed by atoms with van der Waals surface area (Å²) in [4.78, 5) is 11.9. The summed E-state index contributed by atoms with van der Waals surface area (Å²) >= 11 is 0. The van der Waals surface area contributed by atoms with E-state index < -0.39 is 0 Å². The molecule has 2 rings (SSSR count). The van der Waals surface area contributed by atoms with Crippen molar-refractivity contribution in [2.45, 2.75) is 64.4 Å². The Hall–Kier alpha value is -1.36. The van der Waals surface area contributed by atoms with Crippen molar-refractivity contribution in [3.8, 4) is 0 Å². The van der Waals surface area contributed by atoms with E-state index in [1.54, 1.807) is 6.07 Å². The minimum Gasteiger partial charge on any atom is -0.393 e. The number of aliphatic hydroxyl groups is 1. The average Bonchev–Trinajstić information content (AvgIpc) is 2.95. The zero-order chi connectivity index (χ0) is 15.2. The van der Waals surface area contributed by atoms with Crippen molar-refractivity contribution in [1.29, 1.82) is 0 Å². The molecule has 5 heteroatoms. The lowest BCUT2D eigenvalue weighted by Crippen LogP contribution is -2.28. The molecule has 5 nitrogen and oxygen atoms in total. The standard InChI is InChI=1S/C16H26N2O3/c1-11(2)15-10-13(18-21-15)16(20)17-9-5-7-12-6-3-4-8-14(12)19/h10-12,14,19H,3-9H2,1-2H3,(H,17,20). The third-order valence-electron chi connectivity index (χ3n) is 4.24. The van der Waals surface area contributed by atoms with Gasteiger partial charge in [-0.05, 0) is 31.6 Å². The van der Waals surface area contributed by atoms with Gasteiger partial charge in [0.05, 0.1) is 6.10 Å². The molecule has 1 heterocycles. The van der Waals surface area contributed by atoms with Gasteiger partial charge in [0.1, 0.15) is 5.76 Å². The van der Waals surface area contributed by atoms with Crippen LogP contribution in [0.2, 0.25) is 0 Å². The lowest BCUT2D eigenvalue weighted by Gasteiger charge is -2.27. The number of aliphatic hydroxyl groups excluding tert-OH is 1. The number of amides is 1. The largest absolute Gasteiger partial charge is 0.393 e. The minimum absolute atomic E-state index is 0.154. The lowest BCUT2D eigenvalue weighted by molar-refractivity contribution is 0.0641. The summed E-state index contributed by atoms with van der Waals surface area (Å²) in [5, 5.41) is 16.6. The molecule has 0 radical (unpaired) electrons. The van der Waals surface area contributed by atoms with Gasteiger partial charge in [-0.25, -0.2) is 0 Å². The Balaban J connectivity index is 1.69. The number of carbonyl (C=O) groups is 1. The van der Waals surface area contributed by atoms with Crippen LogP contribution in [0.3, 0.4) is 0 Å². The van der Waals surface area contributed by atoms with Crippen LogP contribution in [0.15, 0.2) is 10.6 Å². The van der Waals surface area contributed by atoms with Crippen LogP contribution in [-0.2, 0) is 0 Å². The Kier molecular flexibility index (Phi) is 5.79. The molecule has 2 N–H and O–H groups in total. The number of carbonyl (C=O) groups excluding carboxylic acids is 1. The van der Waals surface area contributed by atoms with Crippen LogP contribution in [0, 0.1) is 5.92 Å². The maximum absolute atomic E-state index is 11.9. The van der Waals surface area contributed by atoms with E-state index in [1.807, 2.05) is 13.8 Å². The van der Waals surface area contributed by atoms with Gasteiger partial charge in [0.25, 0.3) is 5.91 Å². The van der Waals surface area contributed by atoms with Gasteiger partial charge >= 0.3 is 0 Å². The molecule has 21 heavy (non-hydrogen) atoms. The van der Waals surface area contributed by atoms with E-state index in [0.29, 0.717) is 18.2 Å². The maximum Gasteiger partial charge on any atom is 0.273 e. The van der Waals surface area contributed by atoms with Crippen LogP contribution >= 0.6 is 0 Å². The molecule has 0 spiro atoms. The number of hydrogen-bond donors (Lipinski definition) is 2. The summed E-state index contributed by atoms with van der Waals surface area (Å²) in [6.07, 6.45) is 6.09. The Labute approximate surface area is 126 Å². The molecule has 0 aliphatic heterocycles. The molecule has 1 amide bonds. The Morgan fingerprint density at radius 3 is 2.90 bits per heavy atom. The second-order valence-electron chi connectivity index (χ2n) is 6.28. The highest BCUT2D eigenvalue weighted by atomic mass is 16.5. The van der Waals surface area contributed by atoms with E-state index >= 15 is 0 Å². The molecule has 1 aromatic rings. The third kappa shape index (κ3) is 4.56. The monoisotopic (exact) mass is 294 g/mol. The zero-order valence-electron chi connectivity index (χ0n) is 13.0. The fourth-order valence-corrected chi connectivity index (χ4v) is 2.85. The van der Waals surface area contributed by atoms with Crippen LogP contribution in [0.1, 0.15) is 74.5 Å². The van der Waals surface area contributed by atoms with E-state index in [-0.39, 0.29) is 17.9 Å². The van der Waals surface area contributed by atoms with E-state index in [1.165, 1.54) is 6.42 Å². The fraction of sp³-hybridized carbons (Fsp3) is 0.750. The zero-order valence-corrected chi connectivity index (χ0v) is 13.0. The second kappa shape index (κ2) is 7.59. The van der Waals surface area contributed by atoms with Crippen molar-refractivity contribution in [3.63, 3.8) is 0 Å². The van der Waals surface area contributed by atoms with Gasteiger partial charge in [-0.1, -0.05) is 31.8 Å². The van der Waals surface area contributed by atoms with Gasteiger partial charge in [-0.2, -0.15) is 0 Å². The first-order valence-corrected chi connectivity index (χ1v) is 8.00. The van der Waals surface area contributed by atoms with Gasteiger partial charge in [0.15, 0.2) is 5.69 Å². The Morgan fingerprint density at radius 1 is 1.48 bits per heavy atom. The summed E-state index contributed by atoms with van der Waals surface area (Å²) in [5.74, 6) is 1.17. The van der Waals surface area contributed by atoms with E-state index in [0.717, 1.165) is 37.9 Å². The molecule has 118 valence electrons. The second-order valence-corrected chi connectivity index (χ2v) is 6.28. The predicted molar refractivity (Wildman–Crippen MR) is 80.1 cm³/mol. The predicted octanol–water partition coefficient (Wildman–Crippen LogP) is 2.86. The van der Waals surface area contributed by atoms with Crippen molar-refractivity contribution in [1.82, 2.24) is 10.5 Å². The van der Waals surface area contributed by atoms with Gasteiger partial charge in [-0.15, -0.1) is 0 Å². The van der Waals surface area contributed by atoms with Gasteiger partial charge in [-0.3, -0.25) is 4.79 Å². The van der Waals surface area contributed by atoms with Crippen LogP contribution in [0.4, 0.5) is 0 Å². The van der Waals surface area contributed by atoms with Crippen molar-refractivity contribution in [2.24, 2.45) is 5.92 Å².